The van der Waals surface area contributed by atoms with Gasteiger partial charge in [-0.1, -0.05) is 0 Å². The molecule has 1 aliphatic carbocycles. The van der Waals surface area contributed by atoms with E-state index in [4.69, 9.17) is 14.7 Å². The van der Waals surface area contributed by atoms with E-state index in [2.05, 4.69) is 23.7 Å². The van der Waals surface area contributed by atoms with Gasteiger partial charge in [-0.25, -0.2) is 18.4 Å². The zero-order valence-electron chi connectivity index (χ0n) is 17.2. The summed E-state index contributed by atoms with van der Waals surface area (Å²) in [6, 6.07) is 9.78. The summed E-state index contributed by atoms with van der Waals surface area (Å²) >= 11 is 0. The molecule has 2 fully saturated rings. The van der Waals surface area contributed by atoms with Crippen LogP contribution in [0.4, 0.5) is 5.82 Å². The van der Waals surface area contributed by atoms with E-state index in [-0.39, 0.29) is 6.04 Å². The maximum absolute atomic E-state index is 12.6. The molecule has 2 aliphatic rings. The molecule has 5 rings (SSSR count). The minimum Gasteiger partial charge on any atom is -0.377 e. The summed E-state index contributed by atoms with van der Waals surface area (Å²) in [5, 5.41) is 0. The number of aromatic amines is 1. The Morgan fingerprint density at radius 2 is 2.00 bits per heavy atom. The molecule has 4 heterocycles. The fourth-order valence-electron chi connectivity index (χ4n) is 4.32. The van der Waals surface area contributed by atoms with Crippen molar-refractivity contribution in [3.8, 4) is 11.4 Å². The lowest BCUT2D eigenvalue weighted by Gasteiger charge is -2.35. The van der Waals surface area contributed by atoms with E-state index < -0.39 is 14.6 Å². The van der Waals surface area contributed by atoms with Gasteiger partial charge in [-0.2, -0.15) is 0 Å². The SMILES string of the molecule is [CH2]c1cc2nc(-c3cc(C4(S(C)(=O)=O)CC4)cc(N4CCOC[C@@H]4C)n3)ccc2[nH]1. The van der Waals surface area contributed by atoms with Gasteiger partial charge in [-0.3, -0.25) is 0 Å². The third-order valence-corrected chi connectivity index (χ3v) is 8.27. The van der Waals surface area contributed by atoms with E-state index in [0.29, 0.717) is 31.7 Å². The van der Waals surface area contributed by atoms with Crippen LogP contribution in [0.15, 0.2) is 30.3 Å². The first-order valence-electron chi connectivity index (χ1n) is 10.2. The number of nitrogens with one attached hydrogen (secondary N) is 1. The number of fused-ring (bicyclic) bond motifs is 1. The molecule has 7 nitrogen and oxygen atoms in total. The summed E-state index contributed by atoms with van der Waals surface area (Å²) in [6.07, 6.45) is 2.61. The highest BCUT2D eigenvalue weighted by atomic mass is 32.2. The largest absolute Gasteiger partial charge is 0.377 e. The van der Waals surface area contributed by atoms with Gasteiger partial charge in [0.2, 0.25) is 0 Å². The number of H-pyrrole nitrogens is 1. The van der Waals surface area contributed by atoms with Gasteiger partial charge in [0.1, 0.15) is 5.82 Å². The van der Waals surface area contributed by atoms with Crippen molar-refractivity contribution < 1.29 is 13.2 Å². The lowest BCUT2D eigenvalue weighted by atomic mass is 10.1. The fraction of sp³-hybridized carbons (Fsp3) is 0.409. The van der Waals surface area contributed by atoms with Crippen molar-refractivity contribution >= 4 is 26.7 Å². The van der Waals surface area contributed by atoms with Crippen molar-refractivity contribution in [1.82, 2.24) is 15.0 Å². The van der Waals surface area contributed by atoms with Crippen molar-refractivity contribution in [1.29, 1.82) is 0 Å². The van der Waals surface area contributed by atoms with Crippen molar-refractivity contribution in [3.05, 3.63) is 48.5 Å². The second-order valence-corrected chi connectivity index (χ2v) is 10.7. The number of rotatable bonds is 4. The molecule has 1 radical (unpaired) electrons. The quantitative estimate of drug-likeness (QED) is 0.691. The Kier molecular flexibility index (Phi) is 4.41. The number of anilines is 1. The van der Waals surface area contributed by atoms with Gasteiger partial charge in [0.15, 0.2) is 9.84 Å². The molecule has 1 saturated carbocycles. The molecular weight excluding hydrogens is 400 g/mol. The van der Waals surface area contributed by atoms with Gasteiger partial charge in [-0.15, -0.1) is 0 Å². The molecule has 0 bridgehead atoms. The first-order valence-corrected chi connectivity index (χ1v) is 12.0. The molecule has 0 amide bonds. The van der Waals surface area contributed by atoms with E-state index >= 15 is 0 Å². The molecule has 0 spiro atoms. The zero-order chi connectivity index (χ0) is 21.1. The number of sulfone groups is 1. The van der Waals surface area contributed by atoms with Crippen molar-refractivity contribution in [2.45, 2.75) is 30.6 Å². The lowest BCUT2D eigenvalue weighted by Crippen LogP contribution is -2.44. The molecule has 3 aromatic rings. The Balaban J connectivity index is 1.67. The Labute approximate surface area is 176 Å². The van der Waals surface area contributed by atoms with Gasteiger partial charge in [0, 0.05) is 18.5 Å². The molecule has 0 unspecified atom stereocenters. The Bertz CT molecular complexity index is 1230. The van der Waals surface area contributed by atoms with Gasteiger partial charge in [-0.05, 0) is 62.6 Å². The van der Waals surface area contributed by atoms with Crippen LogP contribution in [0, 0.1) is 6.92 Å². The maximum atomic E-state index is 12.6. The van der Waals surface area contributed by atoms with E-state index in [1.807, 2.05) is 30.3 Å². The zero-order valence-corrected chi connectivity index (χ0v) is 18.0. The number of pyridine rings is 2. The molecule has 157 valence electrons. The second kappa shape index (κ2) is 6.78. The highest BCUT2D eigenvalue weighted by Crippen LogP contribution is 2.53. The molecule has 0 aromatic carbocycles. The Hall–Kier alpha value is -2.45. The van der Waals surface area contributed by atoms with Crippen LogP contribution in [0.2, 0.25) is 0 Å². The molecule has 1 atom stereocenters. The Morgan fingerprint density at radius 3 is 2.70 bits per heavy atom. The van der Waals surface area contributed by atoms with Crippen LogP contribution >= 0.6 is 0 Å². The number of ether oxygens (including phenoxy) is 1. The second-order valence-electron chi connectivity index (χ2n) is 8.41. The minimum atomic E-state index is -3.24. The summed E-state index contributed by atoms with van der Waals surface area (Å²) < 4.78 is 30.0. The van der Waals surface area contributed by atoms with Crippen LogP contribution in [0.25, 0.3) is 22.4 Å². The van der Waals surface area contributed by atoms with Crippen LogP contribution in [-0.2, 0) is 19.3 Å². The topological polar surface area (TPSA) is 88.2 Å². The van der Waals surface area contributed by atoms with E-state index in [0.717, 1.165) is 40.3 Å². The normalized spacial score (nSPS) is 21.2. The number of hydrogen-bond acceptors (Lipinski definition) is 6. The average molecular weight is 426 g/mol. The third kappa shape index (κ3) is 3.18. The predicted octanol–water partition coefficient (Wildman–Crippen LogP) is 3.07. The lowest BCUT2D eigenvalue weighted by molar-refractivity contribution is 0.0985. The summed E-state index contributed by atoms with van der Waals surface area (Å²) in [5.41, 5.74) is 4.73. The van der Waals surface area contributed by atoms with Crippen molar-refractivity contribution in [2.75, 3.05) is 30.9 Å². The van der Waals surface area contributed by atoms with Crippen molar-refractivity contribution in [3.63, 3.8) is 0 Å². The summed E-state index contributed by atoms with van der Waals surface area (Å²) in [4.78, 5) is 15.0. The summed E-state index contributed by atoms with van der Waals surface area (Å²) in [5.74, 6) is 0.780. The van der Waals surface area contributed by atoms with E-state index in [1.54, 1.807) is 0 Å². The van der Waals surface area contributed by atoms with E-state index in [9.17, 15) is 8.42 Å². The van der Waals surface area contributed by atoms with Gasteiger partial charge in [0.25, 0.3) is 0 Å². The third-order valence-electron chi connectivity index (χ3n) is 6.21. The first-order chi connectivity index (χ1) is 14.3. The number of morpholine rings is 1. The van der Waals surface area contributed by atoms with Crippen LogP contribution in [0.5, 0.6) is 0 Å². The summed E-state index contributed by atoms with van der Waals surface area (Å²) in [6.45, 7) is 7.99. The number of hydrogen-bond donors (Lipinski definition) is 1. The van der Waals surface area contributed by atoms with Crippen molar-refractivity contribution in [2.24, 2.45) is 0 Å². The molecule has 30 heavy (non-hydrogen) atoms. The molecular formula is C22H25N4O3S. The smallest absolute Gasteiger partial charge is 0.157 e. The molecule has 3 aromatic heterocycles. The molecule has 1 aliphatic heterocycles. The summed E-state index contributed by atoms with van der Waals surface area (Å²) in [7, 11) is -3.24. The number of aromatic nitrogens is 3. The standard InChI is InChI=1S/C22H25N4O3S/c1-14-10-19-17(23-14)4-5-18(24-19)20-11-16(22(6-7-22)30(3,27)28)12-21(25-20)26-8-9-29-13-15(26)2/h4-5,10-12,15,23H,1,6-9,13H2,2-3H3/t15-/m0/s1. The van der Waals surface area contributed by atoms with Crippen LogP contribution in [0.1, 0.15) is 31.0 Å². The van der Waals surface area contributed by atoms with Gasteiger partial charge in [0.05, 0.1) is 46.4 Å². The highest BCUT2D eigenvalue weighted by Gasteiger charge is 2.54. The molecule has 8 heteroatoms. The van der Waals surface area contributed by atoms with Gasteiger partial charge >= 0.3 is 0 Å². The highest BCUT2D eigenvalue weighted by molar-refractivity contribution is 7.92. The van der Waals surface area contributed by atoms with Gasteiger partial charge < -0.3 is 14.6 Å². The average Bonchev–Trinajstić information content (AvgIpc) is 3.44. The van der Waals surface area contributed by atoms with Crippen LogP contribution < -0.4 is 4.90 Å². The molecule has 1 saturated heterocycles. The predicted molar refractivity (Wildman–Crippen MR) is 117 cm³/mol. The number of nitrogens with zero attached hydrogens (tertiary/aromatic N) is 3. The van der Waals surface area contributed by atoms with Crippen LogP contribution in [-0.4, -0.2) is 55.4 Å². The van der Waals surface area contributed by atoms with Crippen LogP contribution in [0.3, 0.4) is 0 Å². The Morgan fingerprint density at radius 1 is 1.20 bits per heavy atom. The van der Waals surface area contributed by atoms with E-state index in [1.165, 1.54) is 6.26 Å². The minimum absolute atomic E-state index is 0.163. The maximum Gasteiger partial charge on any atom is 0.157 e. The molecule has 1 N–H and O–H groups in total. The first kappa shape index (κ1) is 19.5. The fourth-order valence-corrected chi connectivity index (χ4v) is 5.71. The monoisotopic (exact) mass is 425 g/mol.